The Morgan fingerprint density at radius 1 is 1.17 bits per heavy atom. The largest absolute Gasteiger partial charge is 0.497 e. The Balaban J connectivity index is 1.58. The van der Waals surface area contributed by atoms with E-state index >= 15 is 0 Å². The van der Waals surface area contributed by atoms with Crippen LogP contribution >= 0.6 is 11.8 Å². The smallest absolute Gasteiger partial charge is 0.253 e. The highest BCUT2D eigenvalue weighted by Gasteiger charge is 2.33. The molecule has 0 saturated carbocycles. The van der Waals surface area contributed by atoms with Crippen molar-refractivity contribution in [1.29, 1.82) is 0 Å². The van der Waals surface area contributed by atoms with Crippen molar-refractivity contribution in [2.75, 3.05) is 12.9 Å². The van der Waals surface area contributed by atoms with Crippen LogP contribution in [0, 0.1) is 0 Å². The number of methoxy groups -OCH3 is 1. The molecule has 8 heteroatoms. The number of amides is 1. The molecule has 1 aliphatic heterocycles. The van der Waals surface area contributed by atoms with Gasteiger partial charge in [0.15, 0.2) is 5.16 Å². The molecule has 0 N–H and O–H groups in total. The summed E-state index contributed by atoms with van der Waals surface area (Å²) in [6, 6.07) is 17.6. The van der Waals surface area contributed by atoms with Crippen LogP contribution < -0.4 is 4.74 Å². The lowest BCUT2D eigenvalue weighted by Gasteiger charge is -2.22. The number of hydrazone groups is 1. The topological polar surface area (TPSA) is 72.6 Å². The zero-order chi connectivity index (χ0) is 20.2. The van der Waals surface area contributed by atoms with Gasteiger partial charge < -0.3 is 9.30 Å². The Labute approximate surface area is 173 Å². The van der Waals surface area contributed by atoms with Gasteiger partial charge in [-0.3, -0.25) is 4.79 Å². The van der Waals surface area contributed by atoms with Crippen molar-refractivity contribution in [2.24, 2.45) is 12.1 Å². The van der Waals surface area contributed by atoms with Crippen molar-refractivity contribution in [1.82, 2.24) is 19.8 Å². The Morgan fingerprint density at radius 3 is 2.59 bits per heavy atom. The molecular formula is C21H21N5O2S. The van der Waals surface area contributed by atoms with E-state index in [4.69, 9.17) is 9.84 Å². The van der Waals surface area contributed by atoms with Crippen LogP contribution in [-0.2, 0) is 11.8 Å². The second-order valence-electron chi connectivity index (χ2n) is 6.66. The van der Waals surface area contributed by atoms with Gasteiger partial charge in [0.2, 0.25) is 0 Å². The molecular weight excluding hydrogens is 386 g/mol. The Morgan fingerprint density at radius 2 is 1.93 bits per heavy atom. The maximum Gasteiger partial charge on any atom is 0.253 e. The molecule has 1 amide bonds. The third-order valence-electron chi connectivity index (χ3n) is 4.77. The maximum absolute atomic E-state index is 13.1. The summed E-state index contributed by atoms with van der Waals surface area (Å²) in [5, 5.41) is 14.9. The third kappa shape index (κ3) is 4.17. The third-order valence-corrected chi connectivity index (χ3v) is 5.79. The molecule has 0 fully saturated rings. The van der Waals surface area contributed by atoms with Crippen LogP contribution in [0.3, 0.4) is 0 Å². The zero-order valence-corrected chi connectivity index (χ0v) is 17.0. The van der Waals surface area contributed by atoms with Gasteiger partial charge in [0.05, 0.1) is 24.6 Å². The quantitative estimate of drug-likeness (QED) is 0.586. The van der Waals surface area contributed by atoms with Gasteiger partial charge in [-0.15, -0.1) is 10.2 Å². The van der Waals surface area contributed by atoms with E-state index in [0.29, 0.717) is 11.6 Å². The summed E-state index contributed by atoms with van der Waals surface area (Å²) >= 11 is 1.36. The second kappa shape index (κ2) is 8.48. The van der Waals surface area contributed by atoms with E-state index in [1.807, 2.05) is 61.6 Å². The van der Waals surface area contributed by atoms with E-state index in [2.05, 4.69) is 10.2 Å². The maximum atomic E-state index is 13.1. The molecule has 2 aromatic carbocycles. The molecule has 0 radical (unpaired) electrons. The molecule has 29 heavy (non-hydrogen) atoms. The van der Waals surface area contributed by atoms with E-state index in [9.17, 15) is 4.79 Å². The molecule has 1 atom stereocenters. The molecule has 0 spiro atoms. The van der Waals surface area contributed by atoms with Crippen LogP contribution in [0.25, 0.3) is 0 Å². The van der Waals surface area contributed by atoms with Crippen molar-refractivity contribution in [3.05, 3.63) is 72.1 Å². The predicted octanol–water partition coefficient (Wildman–Crippen LogP) is 3.29. The SMILES string of the molecule is COc1ccc(C2CC(c3ccccc3)=NN2C(=O)CSc2nncn2C)cc1. The number of rotatable bonds is 6. The molecule has 3 aromatic rings. The van der Waals surface area contributed by atoms with Crippen LogP contribution in [0.4, 0.5) is 0 Å². The lowest BCUT2D eigenvalue weighted by molar-refractivity contribution is -0.130. The van der Waals surface area contributed by atoms with Crippen molar-refractivity contribution in [2.45, 2.75) is 17.6 Å². The monoisotopic (exact) mass is 407 g/mol. The number of aromatic nitrogens is 3. The minimum absolute atomic E-state index is 0.0650. The lowest BCUT2D eigenvalue weighted by atomic mass is 9.98. The number of carbonyl (C=O) groups is 1. The van der Waals surface area contributed by atoms with E-state index in [1.54, 1.807) is 23.0 Å². The normalized spacial score (nSPS) is 16.0. The number of nitrogens with zero attached hydrogens (tertiary/aromatic N) is 5. The predicted molar refractivity (Wildman–Crippen MR) is 112 cm³/mol. The summed E-state index contributed by atoms with van der Waals surface area (Å²) in [4.78, 5) is 13.1. The first kappa shape index (κ1) is 19.2. The number of carbonyl (C=O) groups excluding carboxylic acids is 1. The Bertz CT molecular complexity index is 1020. The van der Waals surface area contributed by atoms with Gasteiger partial charge in [0.25, 0.3) is 5.91 Å². The molecule has 0 bridgehead atoms. The Hall–Kier alpha value is -3.13. The van der Waals surface area contributed by atoms with Gasteiger partial charge in [0.1, 0.15) is 12.1 Å². The zero-order valence-electron chi connectivity index (χ0n) is 16.2. The van der Waals surface area contributed by atoms with E-state index in [0.717, 1.165) is 22.6 Å². The van der Waals surface area contributed by atoms with Crippen LogP contribution in [0.1, 0.15) is 23.6 Å². The van der Waals surface area contributed by atoms with Gasteiger partial charge in [-0.05, 0) is 23.3 Å². The summed E-state index contributed by atoms with van der Waals surface area (Å²) in [7, 11) is 3.50. The molecule has 148 valence electrons. The summed E-state index contributed by atoms with van der Waals surface area (Å²) < 4.78 is 7.05. The minimum atomic E-state index is -0.149. The second-order valence-corrected chi connectivity index (χ2v) is 7.60. The van der Waals surface area contributed by atoms with E-state index in [-0.39, 0.29) is 17.7 Å². The number of hydrogen-bond acceptors (Lipinski definition) is 6. The van der Waals surface area contributed by atoms with Crippen LogP contribution in [0.5, 0.6) is 5.75 Å². The minimum Gasteiger partial charge on any atom is -0.497 e. The van der Waals surface area contributed by atoms with Crippen molar-refractivity contribution in [3.63, 3.8) is 0 Å². The van der Waals surface area contributed by atoms with E-state index < -0.39 is 0 Å². The highest BCUT2D eigenvalue weighted by molar-refractivity contribution is 7.99. The standard InChI is InChI=1S/C21H21N5O2S/c1-25-14-22-23-21(25)29-13-20(27)26-19(16-8-10-17(28-2)11-9-16)12-18(24-26)15-6-4-3-5-7-15/h3-11,14,19H,12-13H2,1-2H3. The molecule has 4 rings (SSSR count). The summed E-state index contributed by atoms with van der Waals surface area (Å²) in [5.74, 6) is 0.960. The highest BCUT2D eigenvalue weighted by Crippen LogP contribution is 2.34. The van der Waals surface area contributed by atoms with E-state index in [1.165, 1.54) is 11.8 Å². The first-order valence-electron chi connectivity index (χ1n) is 9.21. The fourth-order valence-corrected chi connectivity index (χ4v) is 3.97. The summed E-state index contributed by atoms with van der Waals surface area (Å²) in [5.41, 5.74) is 2.96. The summed E-state index contributed by atoms with van der Waals surface area (Å²) in [6.07, 6.45) is 2.28. The van der Waals surface area contributed by atoms with Gasteiger partial charge in [-0.1, -0.05) is 54.2 Å². The fraction of sp³-hybridized carbons (Fsp3) is 0.238. The van der Waals surface area contributed by atoms with Crippen LogP contribution in [0.2, 0.25) is 0 Å². The molecule has 1 aromatic heterocycles. The highest BCUT2D eigenvalue weighted by atomic mass is 32.2. The first-order chi connectivity index (χ1) is 14.2. The Kier molecular flexibility index (Phi) is 5.62. The molecule has 1 aliphatic rings. The average Bonchev–Trinajstić information content (AvgIpc) is 3.39. The van der Waals surface area contributed by atoms with Gasteiger partial charge in [-0.25, -0.2) is 5.01 Å². The van der Waals surface area contributed by atoms with Gasteiger partial charge in [0, 0.05) is 13.5 Å². The van der Waals surface area contributed by atoms with Gasteiger partial charge in [-0.2, -0.15) is 5.10 Å². The number of ether oxygens (including phenoxy) is 1. The van der Waals surface area contributed by atoms with Crippen molar-refractivity contribution >= 4 is 23.4 Å². The lowest BCUT2D eigenvalue weighted by Crippen LogP contribution is -2.28. The van der Waals surface area contributed by atoms with Gasteiger partial charge >= 0.3 is 0 Å². The summed E-state index contributed by atoms with van der Waals surface area (Å²) in [6.45, 7) is 0. The number of aryl methyl sites for hydroxylation is 1. The number of benzene rings is 2. The average molecular weight is 407 g/mol. The first-order valence-corrected chi connectivity index (χ1v) is 10.2. The molecule has 1 unspecified atom stereocenters. The molecule has 2 heterocycles. The number of thioether (sulfide) groups is 1. The fourth-order valence-electron chi connectivity index (χ4n) is 3.23. The van der Waals surface area contributed by atoms with Crippen LogP contribution in [-0.4, -0.2) is 44.3 Å². The number of hydrogen-bond donors (Lipinski definition) is 0. The van der Waals surface area contributed by atoms with Crippen molar-refractivity contribution in [3.8, 4) is 5.75 Å². The molecule has 0 aliphatic carbocycles. The van der Waals surface area contributed by atoms with Crippen LogP contribution in [0.15, 0.2) is 71.2 Å². The molecule has 0 saturated heterocycles. The molecule has 7 nitrogen and oxygen atoms in total. The van der Waals surface area contributed by atoms with Crippen molar-refractivity contribution < 1.29 is 9.53 Å².